The number of aromatic carboxylic acids is 1. The van der Waals surface area contributed by atoms with Gasteiger partial charge in [0.1, 0.15) is 5.82 Å². The first-order chi connectivity index (χ1) is 13.2. The van der Waals surface area contributed by atoms with Crippen molar-refractivity contribution >= 4 is 40.6 Å². The number of imidazole rings is 1. The lowest BCUT2D eigenvalue weighted by molar-refractivity contribution is -0.138. The highest BCUT2D eigenvalue weighted by molar-refractivity contribution is 6.33. The zero-order valence-electron chi connectivity index (χ0n) is 13.7. The monoisotopic (exact) mass is 460 g/mol. The van der Waals surface area contributed by atoms with Gasteiger partial charge in [0.15, 0.2) is 11.3 Å². The Morgan fingerprint density at radius 2 is 1.55 bits per heavy atom. The van der Waals surface area contributed by atoms with E-state index in [4.69, 9.17) is 34.0 Å². The van der Waals surface area contributed by atoms with E-state index in [1.165, 1.54) is 0 Å². The van der Waals surface area contributed by atoms with Crippen LogP contribution in [0.4, 0.5) is 32.2 Å². The maximum absolute atomic E-state index is 12.5. The minimum absolute atomic E-state index is 0.0305. The molecule has 0 unspecified atom stereocenters. The number of aromatic nitrogens is 3. The van der Waals surface area contributed by atoms with E-state index < -0.39 is 29.4 Å². The molecule has 0 spiro atoms. The lowest BCUT2D eigenvalue weighted by Crippen LogP contribution is -2.06. The van der Waals surface area contributed by atoms with Gasteiger partial charge in [-0.3, -0.25) is 0 Å². The first-order valence-corrected chi connectivity index (χ1v) is 7.92. The average Bonchev–Trinajstić information content (AvgIpc) is 3.01. The van der Waals surface area contributed by atoms with Gasteiger partial charge in [0.25, 0.3) is 0 Å². The van der Waals surface area contributed by atoms with Crippen molar-refractivity contribution in [1.29, 1.82) is 0 Å². The maximum Gasteiger partial charge on any atom is 0.417 e. The highest BCUT2D eigenvalue weighted by Crippen LogP contribution is 2.32. The lowest BCUT2D eigenvalue weighted by atomic mass is 10.3. The summed E-state index contributed by atoms with van der Waals surface area (Å²) < 4.78 is 74.2. The van der Waals surface area contributed by atoms with Crippen LogP contribution in [0.1, 0.15) is 21.6 Å². The Balaban J connectivity index is 0.000000221. The number of hydrogen-bond donors (Lipinski definition) is 2. The molecule has 3 aromatic heterocycles. The molecule has 0 saturated heterocycles. The molecule has 0 fully saturated rings. The Kier molecular flexibility index (Phi) is 6.18. The molecule has 0 aliphatic rings. The first kappa shape index (κ1) is 22.6. The van der Waals surface area contributed by atoms with Gasteiger partial charge in [0, 0.05) is 18.6 Å². The fraction of sp³-hybridized carbons (Fsp3) is 0.133. The molecule has 0 aromatic carbocycles. The quantitative estimate of drug-likeness (QED) is 0.496. The number of carboxylic acid groups (broad SMARTS) is 1. The molecule has 0 saturated carbocycles. The lowest BCUT2D eigenvalue weighted by Gasteiger charge is -2.07. The molecule has 14 heteroatoms. The molecule has 0 radical (unpaired) electrons. The van der Waals surface area contributed by atoms with Crippen LogP contribution in [0, 0.1) is 0 Å². The molecule has 29 heavy (non-hydrogen) atoms. The molecule has 0 atom stereocenters. The molecule has 156 valence electrons. The number of rotatable bonds is 1. The van der Waals surface area contributed by atoms with Crippen LogP contribution in [0.15, 0.2) is 30.7 Å². The number of halogens is 8. The van der Waals surface area contributed by atoms with Crippen LogP contribution in [0.2, 0.25) is 10.0 Å². The Morgan fingerprint density at radius 1 is 1.00 bits per heavy atom. The molecule has 3 aromatic rings. The second-order valence-corrected chi connectivity index (χ2v) is 6.14. The maximum atomic E-state index is 12.5. The summed E-state index contributed by atoms with van der Waals surface area (Å²) >= 11 is 10.9. The number of nitrogens with zero attached hydrogens (tertiary/aromatic N) is 3. The summed E-state index contributed by atoms with van der Waals surface area (Å²) in [5.41, 5.74) is 2.85. The molecule has 0 amide bonds. The van der Waals surface area contributed by atoms with Crippen LogP contribution in [0.5, 0.6) is 0 Å². The highest BCUT2D eigenvalue weighted by atomic mass is 35.5. The van der Waals surface area contributed by atoms with E-state index in [9.17, 15) is 31.1 Å². The summed E-state index contributed by atoms with van der Waals surface area (Å²) in [4.78, 5) is 17.5. The Labute approximate surface area is 167 Å². The third-order valence-electron chi connectivity index (χ3n) is 3.25. The SMILES string of the molecule is Nc1ncc(C(F)(F)F)cc1Cl.O=C(O)c1cn2cc(C(F)(F)F)cc(Cl)c2n1. The molecule has 3 heterocycles. The summed E-state index contributed by atoms with van der Waals surface area (Å²) in [6.45, 7) is 0. The zero-order chi connectivity index (χ0) is 22.1. The van der Waals surface area contributed by atoms with Crippen molar-refractivity contribution in [3.05, 3.63) is 57.6 Å². The minimum atomic E-state index is -4.55. The van der Waals surface area contributed by atoms with Crippen LogP contribution < -0.4 is 5.73 Å². The number of pyridine rings is 2. The normalized spacial score (nSPS) is 11.9. The molecule has 0 bridgehead atoms. The number of carbonyl (C=O) groups is 1. The van der Waals surface area contributed by atoms with Gasteiger partial charge < -0.3 is 15.2 Å². The summed E-state index contributed by atoms with van der Waals surface area (Å²) in [6, 6.07) is 1.44. The molecule has 6 nitrogen and oxygen atoms in total. The average molecular weight is 461 g/mol. The van der Waals surface area contributed by atoms with Crippen LogP contribution in [0.3, 0.4) is 0 Å². The van der Waals surface area contributed by atoms with Crippen molar-refractivity contribution < 1.29 is 36.2 Å². The van der Waals surface area contributed by atoms with Crippen molar-refractivity contribution in [1.82, 2.24) is 14.4 Å². The Hall–Kier alpha value is -2.73. The van der Waals surface area contributed by atoms with Crippen LogP contribution in [0.25, 0.3) is 5.65 Å². The smallest absolute Gasteiger partial charge is 0.417 e. The zero-order valence-corrected chi connectivity index (χ0v) is 15.2. The van der Waals surface area contributed by atoms with Crippen molar-refractivity contribution in [3.8, 4) is 0 Å². The summed E-state index contributed by atoms with van der Waals surface area (Å²) in [6.07, 6.45) is -6.63. The standard InChI is InChI=1S/C9H4ClF3N2O2.C6H4ClF3N2/c10-5-1-4(9(11,12)13)2-15-3-6(8(16)17)14-7(5)15;7-4-1-3(6(8,9)10)2-12-5(4)11/h1-3H,(H,16,17);1-2H,(H2,11,12). The molecular weight excluding hydrogens is 453 g/mol. The van der Waals surface area contributed by atoms with Gasteiger partial charge in [-0.2, -0.15) is 26.3 Å². The first-order valence-electron chi connectivity index (χ1n) is 7.17. The number of nitrogen functional groups attached to an aromatic ring is 1. The summed E-state index contributed by atoms with van der Waals surface area (Å²) in [5.74, 6) is -1.44. The largest absolute Gasteiger partial charge is 0.476 e. The fourth-order valence-corrected chi connectivity index (χ4v) is 2.34. The van der Waals surface area contributed by atoms with Crippen LogP contribution in [-0.4, -0.2) is 25.4 Å². The van der Waals surface area contributed by atoms with E-state index in [-0.39, 0.29) is 27.2 Å². The minimum Gasteiger partial charge on any atom is -0.476 e. The van der Waals surface area contributed by atoms with Crippen molar-refractivity contribution in [3.63, 3.8) is 0 Å². The summed E-state index contributed by atoms with van der Waals surface area (Å²) in [7, 11) is 0. The number of hydrogen-bond acceptors (Lipinski definition) is 4. The van der Waals surface area contributed by atoms with Gasteiger partial charge in [-0.1, -0.05) is 23.2 Å². The third-order valence-corrected chi connectivity index (χ3v) is 3.83. The van der Waals surface area contributed by atoms with E-state index in [2.05, 4.69) is 9.97 Å². The molecule has 0 aliphatic carbocycles. The fourth-order valence-electron chi connectivity index (χ4n) is 1.92. The summed E-state index contributed by atoms with van der Waals surface area (Å²) in [5, 5.41) is 8.22. The van der Waals surface area contributed by atoms with Crippen LogP contribution >= 0.6 is 23.2 Å². The molecular formula is C15H8Cl2F6N4O2. The van der Waals surface area contributed by atoms with Crippen molar-refractivity contribution in [2.24, 2.45) is 0 Å². The number of fused-ring (bicyclic) bond motifs is 1. The van der Waals surface area contributed by atoms with Crippen molar-refractivity contribution in [2.45, 2.75) is 12.4 Å². The van der Waals surface area contributed by atoms with Gasteiger partial charge in [0.05, 0.1) is 21.2 Å². The van der Waals surface area contributed by atoms with Gasteiger partial charge in [-0.25, -0.2) is 14.8 Å². The number of carboxylic acids is 1. The van der Waals surface area contributed by atoms with E-state index in [0.29, 0.717) is 12.3 Å². The molecule has 3 rings (SSSR count). The molecule has 3 N–H and O–H groups in total. The van der Waals surface area contributed by atoms with Gasteiger partial charge in [-0.15, -0.1) is 0 Å². The van der Waals surface area contributed by atoms with Crippen molar-refractivity contribution in [2.75, 3.05) is 5.73 Å². The van der Waals surface area contributed by atoms with Crippen LogP contribution in [-0.2, 0) is 12.4 Å². The molecule has 0 aliphatic heterocycles. The van der Waals surface area contributed by atoms with E-state index >= 15 is 0 Å². The van der Waals surface area contributed by atoms with E-state index in [1.807, 2.05) is 0 Å². The van der Waals surface area contributed by atoms with Gasteiger partial charge in [0.2, 0.25) is 0 Å². The van der Waals surface area contributed by atoms with E-state index in [0.717, 1.165) is 22.9 Å². The number of nitrogens with two attached hydrogens (primary N) is 1. The predicted octanol–water partition coefficient (Wildman–Crippen LogP) is 5.04. The third kappa shape index (κ3) is 5.41. The number of anilines is 1. The van der Waals surface area contributed by atoms with Gasteiger partial charge >= 0.3 is 18.3 Å². The second-order valence-electron chi connectivity index (χ2n) is 5.33. The topological polar surface area (TPSA) is 93.5 Å². The van der Waals surface area contributed by atoms with E-state index in [1.54, 1.807) is 0 Å². The Morgan fingerprint density at radius 3 is 2.03 bits per heavy atom. The second kappa shape index (κ2) is 7.95. The predicted molar refractivity (Wildman–Crippen MR) is 90.8 cm³/mol. The number of alkyl halides is 6. The Bertz CT molecular complexity index is 1070. The van der Waals surface area contributed by atoms with Gasteiger partial charge in [-0.05, 0) is 12.1 Å². The highest BCUT2D eigenvalue weighted by Gasteiger charge is 2.32.